The van der Waals surface area contributed by atoms with Crippen LogP contribution >= 0.6 is 11.6 Å². The molecule has 1 aromatic carbocycles. The molecule has 1 saturated heterocycles. The summed E-state index contributed by atoms with van der Waals surface area (Å²) in [5, 5.41) is 0.393. The average Bonchev–Trinajstić information content (AvgIpc) is 2.45. The largest absolute Gasteiger partial charge is 0.339 e. The van der Waals surface area contributed by atoms with Gasteiger partial charge in [-0.1, -0.05) is 11.6 Å². The fraction of sp³-hybridized carbons (Fsp3) is 0.462. The third-order valence-corrected chi connectivity index (χ3v) is 5.85. The topological polar surface area (TPSA) is 56.2 Å². The molecular formula is C13H17ClN4O2S. The zero-order valence-corrected chi connectivity index (χ0v) is 13.5. The number of sulfonamides is 1. The van der Waals surface area contributed by atoms with E-state index >= 15 is 0 Å². The minimum absolute atomic E-state index is 0.162. The first-order chi connectivity index (χ1) is 9.89. The predicted molar refractivity (Wildman–Crippen MR) is 82.6 cm³/mol. The Morgan fingerprint density at radius 1 is 1.14 bits per heavy atom. The van der Waals surface area contributed by atoms with Gasteiger partial charge in [0.15, 0.2) is 0 Å². The van der Waals surface area contributed by atoms with Gasteiger partial charge in [0.2, 0.25) is 5.96 Å². The van der Waals surface area contributed by atoms with E-state index in [-0.39, 0.29) is 4.90 Å². The number of nitrogens with zero attached hydrogens (tertiary/aromatic N) is 4. The molecule has 0 N–H and O–H groups in total. The standard InChI is InChI=1S/C13H17ClN4O2S/c1-16-5-7-18(8-6-16)13-15-11-4-3-10(14)9-12(11)21(19,20)17(13)2/h3-4,9H,5-8H2,1-2H3. The molecule has 6 nitrogen and oxygen atoms in total. The zero-order valence-electron chi connectivity index (χ0n) is 12.0. The van der Waals surface area contributed by atoms with Gasteiger partial charge in [-0.05, 0) is 25.2 Å². The molecule has 21 heavy (non-hydrogen) atoms. The maximum atomic E-state index is 12.6. The second-order valence-corrected chi connectivity index (χ2v) is 7.66. The summed E-state index contributed by atoms with van der Waals surface area (Å²) >= 11 is 5.91. The molecule has 114 valence electrons. The third-order valence-electron chi connectivity index (χ3n) is 3.85. The highest BCUT2D eigenvalue weighted by Crippen LogP contribution is 2.34. The average molecular weight is 329 g/mol. The molecule has 8 heteroatoms. The van der Waals surface area contributed by atoms with Gasteiger partial charge in [-0.3, -0.25) is 0 Å². The summed E-state index contributed by atoms with van der Waals surface area (Å²) in [4.78, 5) is 8.91. The number of hydrogen-bond acceptors (Lipinski definition) is 5. The van der Waals surface area contributed by atoms with Crippen molar-refractivity contribution in [2.75, 3.05) is 40.3 Å². The van der Waals surface area contributed by atoms with E-state index in [4.69, 9.17) is 11.6 Å². The van der Waals surface area contributed by atoms with E-state index in [1.54, 1.807) is 12.1 Å². The normalized spacial score (nSPS) is 22.0. The first-order valence-corrected chi connectivity index (χ1v) is 8.52. The van der Waals surface area contributed by atoms with Crippen LogP contribution < -0.4 is 0 Å². The Bertz CT molecular complexity index is 696. The van der Waals surface area contributed by atoms with Gasteiger partial charge in [0.05, 0.1) is 5.69 Å². The lowest BCUT2D eigenvalue weighted by Gasteiger charge is -2.38. The van der Waals surface area contributed by atoms with Crippen LogP contribution in [0.4, 0.5) is 5.69 Å². The van der Waals surface area contributed by atoms with Crippen LogP contribution in [0.2, 0.25) is 5.02 Å². The number of likely N-dealkylation sites (N-methyl/N-ethyl adjacent to an activating group) is 1. The molecule has 1 fully saturated rings. The molecule has 0 atom stereocenters. The maximum absolute atomic E-state index is 12.6. The summed E-state index contributed by atoms with van der Waals surface area (Å²) in [6.45, 7) is 3.30. The summed E-state index contributed by atoms with van der Waals surface area (Å²) in [5.74, 6) is 0.484. The van der Waals surface area contributed by atoms with E-state index in [0.717, 1.165) is 26.2 Å². The Balaban J connectivity index is 2.04. The molecule has 2 aliphatic heterocycles. The van der Waals surface area contributed by atoms with Gasteiger partial charge in [0, 0.05) is 38.2 Å². The van der Waals surface area contributed by atoms with Crippen molar-refractivity contribution in [1.82, 2.24) is 14.1 Å². The smallest absolute Gasteiger partial charge is 0.268 e. The number of piperazine rings is 1. The van der Waals surface area contributed by atoms with Crippen molar-refractivity contribution in [1.29, 1.82) is 0 Å². The highest BCUT2D eigenvalue weighted by Gasteiger charge is 2.34. The number of benzene rings is 1. The third kappa shape index (κ3) is 2.49. The molecule has 0 aromatic heterocycles. The fourth-order valence-corrected chi connectivity index (χ4v) is 4.05. The highest BCUT2D eigenvalue weighted by atomic mass is 35.5. The van der Waals surface area contributed by atoms with E-state index < -0.39 is 10.0 Å². The molecule has 0 bridgehead atoms. The zero-order chi connectivity index (χ0) is 15.2. The van der Waals surface area contributed by atoms with Gasteiger partial charge in [-0.15, -0.1) is 0 Å². The first-order valence-electron chi connectivity index (χ1n) is 6.70. The molecule has 0 radical (unpaired) electrons. The summed E-state index contributed by atoms with van der Waals surface area (Å²) < 4.78 is 26.5. The Morgan fingerprint density at radius 3 is 2.48 bits per heavy atom. The molecule has 0 saturated carbocycles. The number of fused-ring (bicyclic) bond motifs is 1. The molecule has 2 heterocycles. The van der Waals surface area contributed by atoms with Crippen LogP contribution in [0, 0.1) is 0 Å². The second-order valence-electron chi connectivity index (χ2n) is 5.29. The van der Waals surface area contributed by atoms with Gasteiger partial charge in [-0.25, -0.2) is 17.7 Å². The van der Waals surface area contributed by atoms with Gasteiger partial charge in [0.25, 0.3) is 10.0 Å². The Morgan fingerprint density at radius 2 is 1.81 bits per heavy atom. The summed E-state index contributed by atoms with van der Waals surface area (Å²) in [7, 11) is -0.00108. The number of aliphatic imine (C=N–C) groups is 1. The van der Waals surface area contributed by atoms with Crippen molar-refractivity contribution in [3.63, 3.8) is 0 Å². The first kappa shape index (κ1) is 14.6. The number of halogens is 1. The SMILES string of the molecule is CN1CCN(C2=Nc3ccc(Cl)cc3S(=O)(=O)N2C)CC1. The van der Waals surface area contributed by atoms with Gasteiger partial charge >= 0.3 is 0 Å². The Kier molecular flexibility index (Phi) is 3.59. The molecule has 1 aromatic rings. The maximum Gasteiger partial charge on any atom is 0.268 e. The highest BCUT2D eigenvalue weighted by molar-refractivity contribution is 7.89. The van der Waals surface area contributed by atoms with Crippen LogP contribution in [-0.2, 0) is 10.0 Å². The van der Waals surface area contributed by atoms with Crippen LogP contribution in [-0.4, -0.2) is 68.8 Å². The minimum atomic E-state index is -3.59. The van der Waals surface area contributed by atoms with Crippen molar-refractivity contribution in [3.8, 4) is 0 Å². The second kappa shape index (κ2) is 5.15. The van der Waals surface area contributed by atoms with Crippen LogP contribution in [0.15, 0.2) is 28.1 Å². The number of guanidine groups is 1. The van der Waals surface area contributed by atoms with Crippen molar-refractivity contribution in [2.24, 2.45) is 4.99 Å². The molecule has 2 aliphatic rings. The van der Waals surface area contributed by atoms with Crippen LogP contribution in [0.3, 0.4) is 0 Å². The van der Waals surface area contributed by atoms with Crippen LogP contribution in [0.1, 0.15) is 0 Å². The monoisotopic (exact) mass is 328 g/mol. The van der Waals surface area contributed by atoms with Crippen molar-refractivity contribution in [2.45, 2.75) is 4.90 Å². The number of rotatable bonds is 0. The van der Waals surface area contributed by atoms with Gasteiger partial charge < -0.3 is 9.80 Å². The Hall–Kier alpha value is -1.31. The molecule has 0 aliphatic carbocycles. The lowest BCUT2D eigenvalue weighted by Crippen LogP contribution is -2.53. The van der Waals surface area contributed by atoms with Crippen molar-refractivity contribution < 1.29 is 8.42 Å². The summed E-state index contributed by atoms with van der Waals surface area (Å²) in [6.07, 6.45) is 0. The van der Waals surface area contributed by atoms with E-state index in [1.165, 1.54) is 17.4 Å². The molecule has 0 amide bonds. The van der Waals surface area contributed by atoms with E-state index in [9.17, 15) is 8.42 Å². The lowest BCUT2D eigenvalue weighted by atomic mass is 10.3. The predicted octanol–water partition coefficient (Wildman–Crippen LogP) is 1.21. The quantitative estimate of drug-likeness (QED) is 0.718. The van der Waals surface area contributed by atoms with E-state index in [2.05, 4.69) is 16.9 Å². The molecule has 0 unspecified atom stereocenters. The van der Waals surface area contributed by atoms with Gasteiger partial charge in [0.1, 0.15) is 4.90 Å². The van der Waals surface area contributed by atoms with Crippen molar-refractivity contribution in [3.05, 3.63) is 23.2 Å². The van der Waals surface area contributed by atoms with Crippen molar-refractivity contribution >= 4 is 33.3 Å². The van der Waals surface area contributed by atoms with Crippen LogP contribution in [0.25, 0.3) is 0 Å². The summed E-state index contributed by atoms with van der Waals surface area (Å²) in [6, 6.07) is 4.76. The van der Waals surface area contributed by atoms with E-state index in [0.29, 0.717) is 16.7 Å². The fourth-order valence-electron chi connectivity index (χ4n) is 2.50. The number of hydrogen-bond donors (Lipinski definition) is 0. The van der Waals surface area contributed by atoms with Crippen LogP contribution in [0.5, 0.6) is 0 Å². The molecule has 0 spiro atoms. The lowest BCUT2D eigenvalue weighted by molar-refractivity contribution is 0.207. The molecular weight excluding hydrogens is 312 g/mol. The minimum Gasteiger partial charge on any atom is -0.339 e. The van der Waals surface area contributed by atoms with Gasteiger partial charge in [-0.2, -0.15) is 0 Å². The Labute approximate surface area is 129 Å². The van der Waals surface area contributed by atoms with E-state index in [1.807, 2.05) is 4.90 Å². The molecule has 3 rings (SSSR count). The summed E-state index contributed by atoms with van der Waals surface area (Å²) in [5.41, 5.74) is 0.450.